The number of aromatic nitrogens is 2. The van der Waals surface area contributed by atoms with Crippen molar-refractivity contribution in [3.05, 3.63) is 47.2 Å². The maximum absolute atomic E-state index is 9.20. The number of nitrogens with zero attached hydrogens (tertiary/aromatic N) is 3. The summed E-state index contributed by atoms with van der Waals surface area (Å²) in [5, 5.41) is 17.2. The predicted octanol–water partition coefficient (Wildman–Crippen LogP) is 2.64. The van der Waals surface area contributed by atoms with E-state index in [2.05, 4.69) is 39.4 Å². The Morgan fingerprint density at radius 2 is 2.18 bits per heavy atom. The molecule has 0 saturated carbocycles. The van der Waals surface area contributed by atoms with E-state index in [9.17, 15) is 5.11 Å². The molecule has 0 bridgehead atoms. The highest BCUT2D eigenvalue weighted by Gasteiger charge is 2.26. The average Bonchev–Trinajstić information content (AvgIpc) is 2.96. The Kier molecular flexibility index (Phi) is 4.85. The summed E-state index contributed by atoms with van der Waals surface area (Å²) < 4.78 is 5.55. The molecule has 1 atom stereocenters. The molecule has 1 aliphatic rings. The third-order valence-corrected chi connectivity index (χ3v) is 4.29. The van der Waals surface area contributed by atoms with Crippen LogP contribution >= 0.6 is 0 Å². The number of rotatable bonds is 6. The molecule has 3 rings (SSSR count). The van der Waals surface area contributed by atoms with Gasteiger partial charge in [0, 0.05) is 26.1 Å². The van der Waals surface area contributed by atoms with Gasteiger partial charge in [-0.15, -0.1) is 10.2 Å². The third kappa shape index (κ3) is 3.36. The quantitative estimate of drug-likeness (QED) is 0.888. The second-order valence-corrected chi connectivity index (χ2v) is 5.87. The van der Waals surface area contributed by atoms with Crippen LogP contribution in [0.2, 0.25) is 0 Å². The standard InChI is InChI=1S/C17H23N3O2/c1-13-18-19-17(22-13)12-20(10-5-11-21)16-9-4-7-14-6-2-3-8-15(14)16/h2-3,6,8,16,21H,4-5,7,9-12H2,1H3. The molecular weight excluding hydrogens is 278 g/mol. The predicted molar refractivity (Wildman–Crippen MR) is 83.3 cm³/mol. The minimum Gasteiger partial charge on any atom is -0.424 e. The van der Waals surface area contributed by atoms with Crippen LogP contribution in [-0.2, 0) is 13.0 Å². The van der Waals surface area contributed by atoms with Crippen molar-refractivity contribution in [2.24, 2.45) is 0 Å². The summed E-state index contributed by atoms with van der Waals surface area (Å²) >= 11 is 0. The lowest BCUT2D eigenvalue weighted by Crippen LogP contribution is -2.32. The van der Waals surface area contributed by atoms with E-state index in [1.54, 1.807) is 0 Å². The van der Waals surface area contributed by atoms with E-state index in [1.807, 2.05) is 6.92 Å². The number of fused-ring (bicyclic) bond motifs is 1. The molecule has 0 aliphatic heterocycles. The molecule has 5 nitrogen and oxygen atoms in total. The Labute approximate surface area is 131 Å². The van der Waals surface area contributed by atoms with Crippen molar-refractivity contribution in [3.63, 3.8) is 0 Å². The number of aliphatic hydroxyl groups is 1. The fourth-order valence-electron chi connectivity index (χ4n) is 3.30. The molecule has 0 amide bonds. The number of hydrogen-bond donors (Lipinski definition) is 1. The van der Waals surface area contributed by atoms with Gasteiger partial charge in [0.15, 0.2) is 0 Å². The van der Waals surface area contributed by atoms with Crippen LogP contribution < -0.4 is 0 Å². The second-order valence-electron chi connectivity index (χ2n) is 5.87. The van der Waals surface area contributed by atoms with Crippen molar-refractivity contribution >= 4 is 0 Å². The van der Waals surface area contributed by atoms with Crippen LogP contribution in [0.15, 0.2) is 28.7 Å². The van der Waals surface area contributed by atoms with Crippen molar-refractivity contribution < 1.29 is 9.52 Å². The molecule has 1 N–H and O–H groups in total. The minimum absolute atomic E-state index is 0.202. The van der Waals surface area contributed by atoms with E-state index in [0.29, 0.717) is 24.4 Å². The zero-order valence-corrected chi connectivity index (χ0v) is 13.0. The summed E-state index contributed by atoms with van der Waals surface area (Å²) in [5.74, 6) is 1.25. The Morgan fingerprint density at radius 3 is 2.95 bits per heavy atom. The highest BCUT2D eigenvalue weighted by molar-refractivity contribution is 5.32. The average molecular weight is 301 g/mol. The number of aliphatic hydroxyl groups excluding tert-OH is 1. The summed E-state index contributed by atoms with van der Waals surface area (Å²) in [6.07, 6.45) is 4.24. The molecule has 5 heteroatoms. The third-order valence-electron chi connectivity index (χ3n) is 4.29. The molecule has 0 fully saturated rings. The first kappa shape index (κ1) is 15.2. The van der Waals surface area contributed by atoms with Gasteiger partial charge in [-0.25, -0.2) is 0 Å². The first-order valence-corrected chi connectivity index (χ1v) is 7.99. The van der Waals surface area contributed by atoms with Crippen LogP contribution in [-0.4, -0.2) is 33.4 Å². The number of benzene rings is 1. The van der Waals surface area contributed by atoms with Crippen LogP contribution in [0.1, 0.15) is 48.2 Å². The minimum atomic E-state index is 0.202. The molecule has 2 aromatic rings. The Bertz CT molecular complexity index is 611. The van der Waals surface area contributed by atoms with Gasteiger partial charge < -0.3 is 9.52 Å². The van der Waals surface area contributed by atoms with Crippen molar-refractivity contribution in [1.82, 2.24) is 15.1 Å². The van der Waals surface area contributed by atoms with Crippen LogP contribution in [0.3, 0.4) is 0 Å². The maximum Gasteiger partial charge on any atom is 0.230 e. The highest BCUT2D eigenvalue weighted by Crippen LogP contribution is 2.35. The van der Waals surface area contributed by atoms with Crippen LogP contribution in [0.5, 0.6) is 0 Å². The SMILES string of the molecule is Cc1nnc(CN(CCCO)C2CCCc3ccccc32)o1. The zero-order chi connectivity index (χ0) is 15.4. The van der Waals surface area contributed by atoms with Gasteiger partial charge in [0.25, 0.3) is 0 Å². The summed E-state index contributed by atoms with van der Waals surface area (Å²) in [6.45, 7) is 3.48. The summed E-state index contributed by atoms with van der Waals surface area (Å²) in [6, 6.07) is 9.04. The molecule has 1 unspecified atom stereocenters. The van der Waals surface area contributed by atoms with Gasteiger partial charge in [-0.2, -0.15) is 0 Å². The lowest BCUT2D eigenvalue weighted by molar-refractivity contribution is 0.139. The second kappa shape index (κ2) is 7.03. The molecule has 1 aliphatic carbocycles. The lowest BCUT2D eigenvalue weighted by Gasteiger charge is -2.35. The van der Waals surface area contributed by atoms with Crippen molar-refractivity contribution in [2.75, 3.05) is 13.2 Å². The fraction of sp³-hybridized carbons (Fsp3) is 0.529. The van der Waals surface area contributed by atoms with E-state index in [4.69, 9.17) is 4.42 Å². The summed E-state index contributed by atoms with van der Waals surface area (Å²) in [7, 11) is 0. The molecule has 118 valence electrons. The van der Waals surface area contributed by atoms with Gasteiger partial charge in [-0.05, 0) is 36.8 Å². The fourth-order valence-corrected chi connectivity index (χ4v) is 3.30. The van der Waals surface area contributed by atoms with Crippen molar-refractivity contribution in [1.29, 1.82) is 0 Å². The van der Waals surface area contributed by atoms with Crippen molar-refractivity contribution in [2.45, 2.75) is 45.2 Å². The largest absolute Gasteiger partial charge is 0.424 e. The van der Waals surface area contributed by atoms with Crippen molar-refractivity contribution in [3.8, 4) is 0 Å². The van der Waals surface area contributed by atoms with Gasteiger partial charge in [0.1, 0.15) is 0 Å². The Morgan fingerprint density at radius 1 is 1.32 bits per heavy atom. The topological polar surface area (TPSA) is 62.4 Å². The van der Waals surface area contributed by atoms with E-state index in [0.717, 1.165) is 25.8 Å². The van der Waals surface area contributed by atoms with Crippen LogP contribution in [0.4, 0.5) is 0 Å². The molecule has 0 spiro atoms. The van der Waals surface area contributed by atoms with Crippen LogP contribution in [0.25, 0.3) is 0 Å². The van der Waals surface area contributed by atoms with E-state index in [-0.39, 0.29) is 6.61 Å². The molecule has 1 heterocycles. The normalized spacial score (nSPS) is 17.7. The monoisotopic (exact) mass is 301 g/mol. The Hall–Kier alpha value is -1.72. The molecule has 22 heavy (non-hydrogen) atoms. The molecule has 0 saturated heterocycles. The van der Waals surface area contributed by atoms with Gasteiger partial charge in [0.2, 0.25) is 11.8 Å². The highest BCUT2D eigenvalue weighted by atomic mass is 16.4. The number of aryl methyl sites for hydroxylation is 2. The summed E-state index contributed by atoms with van der Waals surface area (Å²) in [5.41, 5.74) is 2.84. The van der Waals surface area contributed by atoms with E-state index < -0.39 is 0 Å². The molecular formula is C17H23N3O2. The Balaban J connectivity index is 1.82. The molecule has 1 aromatic heterocycles. The lowest BCUT2D eigenvalue weighted by atomic mass is 9.86. The number of hydrogen-bond acceptors (Lipinski definition) is 5. The zero-order valence-electron chi connectivity index (χ0n) is 13.0. The molecule has 0 radical (unpaired) electrons. The van der Waals surface area contributed by atoms with Gasteiger partial charge >= 0.3 is 0 Å². The smallest absolute Gasteiger partial charge is 0.230 e. The van der Waals surface area contributed by atoms with Gasteiger partial charge in [-0.1, -0.05) is 24.3 Å². The van der Waals surface area contributed by atoms with E-state index in [1.165, 1.54) is 17.5 Å². The van der Waals surface area contributed by atoms with Gasteiger partial charge in [-0.3, -0.25) is 4.90 Å². The van der Waals surface area contributed by atoms with Crippen LogP contribution in [0, 0.1) is 6.92 Å². The summed E-state index contributed by atoms with van der Waals surface area (Å²) in [4.78, 5) is 2.36. The first-order chi connectivity index (χ1) is 10.8. The maximum atomic E-state index is 9.20. The van der Waals surface area contributed by atoms with E-state index >= 15 is 0 Å². The van der Waals surface area contributed by atoms with Gasteiger partial charge in [0.05, 0.1) is 6.54 Å². The molecule has 1 aromatic carbocycles. The first-order valence-electron chi connectivity index (χ1n) is 7.99.